The molecule has 4 rings (SSSR count). The van der Waals surface area contributed by atoms with E-state index in [9.17, 15) is 13.6 Å². The van der Waals surface area contributed by atoms with Crippen LogP contribution in [0.5, 0.6) is 0 Å². The first-order chi connectivity index (χ1) is 12.4. The second-order valence-electron chi connectivity index (χ2n) is 7.46. The van der Waals surface area contributed by atoms with Crippen LogP contribution in [0.25, 0.3) is 0 Å². The molecule has 1 aliphatic heterocycles. The maximum absolute atomic E-state index is 13.8. The molecule has 0 saturated heterocycles. The lowest BCUT2D eigenvalue weighted by Crippen LogP contribution is -2.30. The van der Waals surface area contributed by atoms with E-state index < -0.39 is 5.67 Å². The minimum atomic E-state index is -1.28. The maximum Gasteiger partial charge on any atom is 0.227 e. The van der Waals surface area contributed by atoms with E-state index in [0.717, 1.165) is 36.4 Å². The van der Waals surface area contributed by atoms with Gasteiger partial charge in [0.05, 0.1) is 6.42 Å². The molecule has 1 N–H and O–H groups in total. The molecule has 0 atom stereocenters. The summed E-state index contributed by atoms with van der Waals surface area (Å²) in [5.41, 5.74) is 3.88. The molecule has 0 radical (unpaired) electrons. The van der Waals surface area contributed by atoms with Crippen molar-refractivity contribution in [1.82, 2.24) is 0 Å². The number of hydrogen-bond acceptors (Lipinski definition) is 2. The van der Waals surface area contributed by atoms with Crippen LogP contribution in [0.3, 0.4) is 0 Å². The summed E-state index contributed by atoms with van der Waals surface area (Å²) in [4.78, 5) is 14.3. The van der Waals surface area contributed by atoms with Gasteiger partial charge < -0.3 is 10.2 Å². The lowest BCUT2D eigenvalue weighted by atomic mass is 9.96. The Labute approximate surface area is 152 Å². The van der Waals surface area contributed by atoms with E-state index in [1.165, 1.54) is 23.3 Å². The summed E-state index contributed by atoms with van der Waals surface area (Å²) >= 11 is 0. The number of rotatable bonds is 4. The van der Waals surface area contributed by atoms with E-state index in [4.69, 9.17) is 0 Å². The maximum atomic E-state index is 13.8. The van der Waals surface area contributed by atoms with Crippen molar-refractivity contribution in [2.45, 2.75) is 44.8 Å². The van der Waals surface area contributed by atoms with Crippen molar-refractivity contribution in [3.8, 4) is 0 Å². The van der Waals surface area contributed by atoms with Crippen LogP contribution in [0, 0.1) is 12.7 Å². The predicted molar refractivity (Wildman–Crippen MR) is 98.7 cm³/mol. The Hall–Kier alpha value is -2.43. The molecule has 1 saturated carbocycles. The number of anilines is 2. The van der Waals surface area contributed by atoms with Crippen molar-refractivity contribution in [3.05, 3.63) is 58.9 Å². The van der Waals surface area contributed by atoms with Crippen LogP contribution in [-0.4, -0.2) is 18.1 Å². The summed E-state index contributed by atoms with van der Waals surface area (Å²) in [5, 5.41) is 2.87. The van der Waals surface area contributed by atoms with Crippen molar-refractivity contribution in [2.24, 2.45) is 0 Å². The van der Waals surface area contributed by atoms with Gasteiger partial charge in [-0.25, -0.2) is 8.78 Å². The van der Waals surface area contributed by atoms with E-state index in [-0.39, 0.29) is 18.1 Å². The van der Waals surface area contributed by atoms with Gasteiger partial charge in [-0.1, -0.05) is 6.07 Å². The zero-order valence-corrected chi connectivity index (χ0v) is 14.8. The first kappa shape index (κ1) is 17.0. The molecule has 26 heavy (non-hydrogen) atoms. The molecule has 136 valence electrons. The number of nitrogens with one attached hydrogen (secondary N) is 1. The zero-order valence-electron chi connectivity index (χ0n) is 14.8. The molecule has 1 aliphatic carbocycles. The Morgan fingerprint density at radius 3 is 2.62 bits per heavy atom. The summed E-state index contributed by atoms with van der Waals surface area (Å²) < 4.78 is 26.9. The molecule has 0 bridgehead atoms. The lowest BCUT2D eigenvalue weighted by molar-refractivity contribution is -0.117. The van der Waals surface area contributed by atoms with E-state index in [1.54, 1.807) is 12.1 Å². The van der Waals surface area contributed by atoms with Crippen molar-refractivity contribution < 1.29 is 13.6 Å². The van der Waals surface area contributed by atoms with Crippen molar-refractivity contribution >= 4 is 17.3 Å². The Bertz CT molecular complexity index is 844. The topological polar surface area (TPSA) is 32.3 Å². The van der Waals surface area contributed by atoms with Crippen LogP contribution < -0.4 is 10.2 Å². The molecule has 0 aromatic heterocycles. The van der Waals surface area contributed by atoms with Gasteiger partial charge in [0, 0.05) is 24.5 Å². The third kappa shape index (κ3) is 3.57. The van der Waals surface area contributed by atoms with Gasteiger partial charge in [0.2, 0.25) is 5.91 Å². The molecule has 0 spiro atoms. The van der Waals surface area contributed by atoms with Crippen LogP contribution in [0.2, 0.25) is 0 Å². The first-order valence-corrected chi connectivity index (χ1v) is 9.04. The summed E-state index contributed by atoms with van der Waals surface area (Å²) in [5.74, 6) is -0.486. The number of hydrogen-bond donors (Lipinski definition) is 1. The van der Waals surface area contributed by atoms with E-state index in [0.29, 0.717) is 12.8 Å². The molecule has 2 aliphatic rings. The van der Waals surface area contributed by atoms with E-state index >= 15 is 0 Å². The molecule has 3 nitrogen and oxygen atoms in total. The highest BCUT2D eigenvalue weighted by Gasteiger charge is 2.44. The minimum absolute atomic E-state index is 0.0537. The van der Waals surface area contributed by atoms with Crippen molar-refractivity contribution in [2.75, 3.05) is 16.8 Å². The third-order valence-corrected chi connectivity index (χ3v) is 5.29. The van der Waals surface area contributed by atoms with Gasteiger partial charge >= 0.3 is 0 Å². The highest BCUT2D eigenvalue weighted by atomic mass is 19.1. The molecule has 2 aromatic carbocycles. The second kappa shape index (κ2) is 6.38. The molecule has 2 aromatic rings. The Morgan fingerprint density at radius 2 is 1.92 bits per heavy atom. The third-order valence-electron chi connectivity index (χ3n) is 5.29. The van der Waals surface area contributed by atoms with E-state index in [2.05, 4.69) is 16.3 Å². The van der Waals surface area contributed by atoms with Crippen molar-refractivity contribution in [3.63, 3.8) is 0 Å². The smallest absolute Gasteiger partial charge is 0.227 e. The monoisotopic (exact) mass is 356 g/mol. The van der Waals surface area contributed by atoms with Gasteiger partial charge in [-0.3, -0.25) is 4.79 Å². The standard InChI is InChI=1S/C21H22F2N2O/c1-14-10-16-13-25(18-4-2-17(22)3-5-18)9-6-15(16)11-19(14)24-20(26)12-21(23)7-8-21/h2-5,10-11H,6-9,12-13H2,1H3,(H,24,26). The average molecular weight is 356 g/mol. The Kier molecular flexibility index (Phi) is 4.17. The summed E-state index contributed by atoms with van der Waals surface area (Å²) in [6.45, 7) is 3.54. The normalized spacial score (nSPS) is 17.6. The quantitative estimate of drug-likeness (QED) is 0.873. The number of halogens is 2. The van der Waals surface area contributed by atoms with Gasteiger partial charge in [-0.2, -0.15) is 0 Å². The van der Waals surface area contributed by atoms with Gasteiger partial charge in [-0.15, -0.1) is 0 Å². The molecule has 1 fully saturated rings. The molecule has 1 heterocycles. The highest BCUT2D eigenvalue weighted by Crippen LogP contribution is 2.43. The molecular formula is C21H22F2N2O. The van der Waals surface area contributed by atoms with Gasteiger partial charge in [0.15, 0.2) is 0 Å². The first-order valence-electron chi connectivity index (χ1n) is 9.04. The summed E-state index contributed by atoms with van der Waals surface area (Å²) in [7, 11) is 0. The summed E-state index contributed by atoms with van der Waals surface area (Å²) in [6, 6.07) is 10.7. The number of alkyl halides is 1. The SMILES string of the molecule is Cc1cc2c(cc1NC(=O)CC1(F)CC1)CCN(c1ccc(F)cc1)C2. The van der Waals surface area contributed by atoms with Gasteiger partial charge in [0.25, 0.3) is 0 Å². The van der Waals surface area contributed by atoms with E-state index in [1.807, 2.05) is 13.0 Å². The average Bonchev–Trinajstić information content (AvgIpc) is 3.32. The fraction of sp³-hybridized carbons (Fsp3) is 0.381. The summed E-state index contributed by atoms with van der Waals surface area (Å²) in [6.07, 6.45) is 1.77. The van der Waals surface area contributed by atoms with Crippen LogP contribution in [0.1, 0.15) is 36.0 Å². The molecular weight excluding hydrogens is 334 g/mol. The van der Waals surface area contributed by atoms with Crippen LogP contribution >= 0.6 is 0 Å². The Balaban J connectivity index is 1.49. The number of aryl methyl sites for hydroxylation is 1. The van der Waals surface area contributed by atoms with Crippen molar-refractivity contribution in [1.29, 1.82) is 0 Å². The highest BCUT2D eigenvalue weighted by molar-refractivity contribution is 5.92. The van der Waals surface area contributed by atoms with Crippen LogP contribution in [-0.2, 0) is 17.8 Å². The number of benzene rings is 2. The number of carbonyl (C=O) groups excluding carboxylic acids is 1. The number of nitrogens with zero attached hydrogens (tertiary/aromatic N) is 1. The van der Waals surface area contributed by atoms with Crippen LogP contribution in [0.15, 0.2) is 36.4 Å². The zero-order chi connectivity index (χ0) is 18.3. The fourth-order valence-electron chi connectivity index (χ4n) is 3.53. The van der Waals surface area contributed by atoms with Gasteiger partial charge in [0.1, 0.15) is 11.5 Å². The molecule has 1 amide bonds. The molecule has 5 heteroatoms. The van der Waals surface area contributed by atoms with Crippen LogP contribution in [0.4, 0.5) is 20.2 Å². The predicted octanol–water partition coefficient (Wildman–Crippen LogP) is 4.53. The minimum Gasteiger partial charge on any atom is -0.367 e. The lowest BCUT2D eigenvalue weighted by Gasteiger charge is -2.31. The fourth-order valence-corrected chi connectivity index (χ4v) is 3.53. The number of amides is 1. The number of carbonyl (C=O) groups is 1. The molecule has 0 unspecified atom stereocenters. The number of fused-ring (bicyclic) bond motifs is 1. The second-order valence-corrected chi connectivity index (χ2v) is 7.46. The largest absolute Gasteiger partial charge is 0.367 e. The Morgan fingerprint density at radius 1 is 1.19 bits per heavy atom. The van der Waals surface area contributed by atoms with Gasteiger partial charge in [-0.05, 0) is 73.2 Å².